The number of hydrogen-bond acceptors (Lipinski definition) is 3. The first-order chi connectivity index (χ1) is 27.2. The number of aromatic nitrogens is 2. The molecule has 8 aromatic carbocycles. The molecule has 3 aromatic heterocycles. The van der Waals surface area contributed by atoms with Crippen molar-refractivity contribution >= 4 is 65.6 Å². The second-order valence-electron chi connectivity index (χ2n) is 14.0. The van der Waals surface area contributed by atoms with E-state index < -0.39 is 0 Å². The van der Waals surface area contributed by atoms with Crippen LogP contribution in [0.1, 0.15) is 11.1 Å². The summed E-state index contributed by atoms with van der Waals surface area (Å²) in [6.45, 7) is 0. The first-order valence-corrected chi connectivity index (χ1v) is 18.2. The Morgan fingerprint density at radius 1 is 0.418 bits per heavy atom. The monoisotopic (exact) mass is 700 g/mol. The first kappa shape index (κ1) is 30.7. The average Bonchev–Trinajstić information content (AvgIpc) is 3.91. The summed E-state index contributed by atoms with van der Waals surface area (Å²) in [5, 5.41) is 27.0. The molecular formula is C50H28N4O. The molecule has 3 heterocycles. The molecule has 0 saturated heterocycles. The van der Waals surface area contributed by atoms with Crippen LogP contribution in [-0.2, 0) is 0 Å². The van der Waals surface area contributed by atoms with E-state index in [0.29, 0.717) is 11.1 Å². The number of nitrogens with zero attached hydrogens (tertiary/aromatic N) is 4. The quantitative estimate of drug-likeness (QED) is 0.183. The lowest BCUT2D eigenvalue weighted by molar-refractivity contribution is 0.673. The molecule has 11 rings (SSSR count). The van der Waals surface area contributed by atoms with Gasteiger partial charge in [-0.25, -0.2) is 0 Å². The Labute approximate surface area is 315 Å². The van der Waals surface area contributed by atoms with Crippen LogP contribution >= 0.6 is 0 Å². The van der Waals surface area contributed by atoms with Crippen LogP contribution in [0, 0.1) is 22.7 Å². The minimum atomic E-state index is 0.521. The molecule has 0 fully saturated rings. The summed E-state index contributed by atoms with van der Waals surface area (Å²) in [6.07, 6.45) is 0. The Balaban J connectivity index is 1.26. The molecule has 0 aliphatic carbocycles. The fourth-order valence-electron chi connectivity index (χ4n) is 8.58. The van der Waals surface area contributed by atoms with Crippen molar-refractivity contribution < 1.29 is 4.42 Å². The van der Waals surface area contributed by atoms with Gasteiger partial charge >= 0.3 is 0 Å². The van der Waals surface area contributed by atoms with Gasteiger partial charge in [-0.2, -0.15) is 10.5 Å². The number of nitriles is 2. The lowest BCUT2D eigenvalue weighted by Crippen LogP contribution is -2.00. The van der Waals surface area contributed by atoms with Crippen LogP contribution in [0.2, 0.25) is 0 Å². The smallest absolute Gasteiger partial charge is 0.145 e. The van der Waals surface area contributed by atoms with E-state index >= 15 is 0 Å². The highest BCUT2D eigenvalue weighted by molar-refractivity contribution is 6.24. The highest BCUT2D eigenvalue weighted by atomic mass is 16.3. The topological polar surface area (TPSA) is 70.6 Å². The molecule has 0 atom stereocenters. The normalized spacial score (nSPS) is 11.6. The zero-order valence-electron chi connectivity index (χ0n) is 29.4. The van der Waals surface area contributed by atoms with E-state index in [4.69, 9.17) is 4.42 Å². The van der Waals surface area contributed by atoms with Crippen LogP contribution in [0.25, 0.3) is 99.2 Å². The lowest BCUT2D eigenvalue weighted by atomic mass is 9.93. The number of rotatable bonds is 4. The SMILES string of the molecule is N#Cc1cc(-c2cc(-n3c4ccccc4c4ccccc43)cc(-n3c4ccccc4c4c5oc6ccccc6c5ccc43)c2)cc(-c2ccccc2C#N)c1. The van der Waals surface area contributed by atoms with E-state index in [9.17, 15) is 10.5 Å². The second kappa shape index (κ2) is 11.8. The van der Waals surface area contributed by atoms with Crippen molar-refractivity contribution in [2.45, 2.75) is 0 Å². The van der Waals surface area contributed by atoms with Crippen LogP contribution in [0.5, 0.6) is 0 Å². The van der Waals surface area contributed by atoms with Crippen LogP contribution in [0.3, 0.4) is 0 Å². The maximum absolute atomic E-state index is 10.3. The number of para-hydroxylation sites is 4. The molecule has 55 heavy (non-hydrogen) atoms. The van der Waals surface area contributed by atoms with Crippen molar-refractivity contribution in [3.05, 3.63) is 181 Å². The predicted octanol–water partition coefficient (Wildman–Crippen LogP) is 12.9. The van der Waals surface area contributed by atoms with Crippen molar-refractivity contribution in [2.75, 3.05) is 0 Å². The molecule has 0 amide bonds. The molecular weight excluding hydrogens is 673 g/mol. The summed E-state index contributed by atoms with van der Waals surface area (Å²) in [5.74, 6) is 0. The molecule has 0 aliphatic rings. The van der Waals surface area contributed by atoms with Crippen LogP contribution in [0.15, 0.2) is 174 Å². The highest BCUT2D eigenvalue weighted by Gasteiger charge is 2.21. The molecule has 5 nitrogen and oxygen atoms in total. The van der Waals surface area contributed by atoms with Gasteiger partial charge in [0.1, 0.15) is 11.2 Å². The molecule has 0 bridgehead atoms. The van der Waals surface area contributed by atoms with Crippen molar-refractivity contribution in [3.8, 4) is 45.8 Å². The summed E-state index contributed by atoms with van der Waals surface area (Å²) in [5.41, 5.74) is 12.5. The Bertz CT molecular complexity index is 3420. The third kappa shape index (κ3) is 4.58. The van der Waals surface area contributed by atoms with Gasteiger partial charge in [0.05, 0.1) is 50.7 Å². The predicted molar refractivity (Wildman–Crippen MR) is 223 cm³/mol. The zero-order chi connectivity index (χ0) is 36.6. The maximum atomic E-state index is 10.3. The van der Waals surface area contributed by atoms with Gasteiger partial charge < -0.3 is 13.6 Å². The van der Waals surface area contributed by atoms with E-state index in [2.05, 4.69) is 143 Å². The minimum absolute atomic E-state index is 0.521. The molecule has 254 valence electrons. The Morgan fingerprint density at radius 3 is 1.69 bits per heavy atom. The van der Waals surface area contributed by atoms with E-state index in [1.807, 2.05) is 48.5 Å². The van der Waals surface area contributed by atoms with E-state index in [0.717, 1.165) is 88.4 Å². The van der Waals surface area contributed by atoms with Crippen LogP contribution in [0.4, 0.5) is 0 Å². The summed E-state index contributed by atoms with van der Waals surface area (Å²) in [4.78, 5) is 0. The van der Waals surface area contributed by atoms with Gasteiger partial charge in [0.25, 0.3) is 0 Å². The molecule has 5 heteroatoms. The van der Waals surface area contributed by atoms with Gasteiger partial charge in [0, 0.05) is 38.3 Å². The van der Waals surface area contributed by atoms with E-state index in [-0.39, 0.29) is 0 Å². The summed E-state index contributed by atoms with van der Waals surface area (Å²) in [7, 11) is 0. The van der Waals surface area contributed by atoms with Gasteiger partial charge in [0.15, 0.2) is 0 Å². The van der Waals surface area contributed by atoms with Crippen LogP contribution < -0.4 is 0 Å². The first-order valence-electron chi connectivity index (χ1n) is 18.2. The molecule has 0 unspecified atom stereocenters. The maximum Gasteiger partial charge on any atom is 0.145 e. The van der Waals surface area contributed by atoms with Gasteiger partial charge in [-0.1, -0.05) is 91.0 Å². The zero-order valence-corrected chi connectivity index (χ0v) is 29.4. The van der Waals surface area contributed by atoms with Gasteiger partial charge in [-0.3, -0.25) is 0 Å². The molecule has 0 aliphatic heterocycles. The van der Waals surface area contributed by atoms with Gasteiger partial charge in [-0.15, -0.1) is 0 Å². The van der Waals surface area contributed by atoms with Gasteiger partial charge in [-0.05, 0) is 101 Å². The molecule has 0 saturated carbocycles. The summed E-state index contributed by atoms with van der Waals surface area (Å²) in [6, 6.07) is 63.0. The second-order valence-corrected chi connectivity index (χ2v) is 14.0. The summed E-state index contributed by atoms with van der Waals surface area (Å²) < 4.78 is 11.3. The third-order valence-corrected chi connectivity index (χ3v) is 10.9. The van der Waals surface area contributed by atoms with E-state index in [1.165, 1.54) is 10.8 Å². The van der Waals surface area contributed by atoms with Gasteiger partial charge in [0.2, 0.25) is 0 Å². The van der Waals surface area contributed by atoms with Crippen molar-refractivity contribution in [1.82, 2.24) is 9.13 Å². The largest absolute Gasteiger partial charge is 0.455 e. The number of benzene rings is 8. The van der Waals surface area contributed by atoms with E-state index in [1.54, 1.807) is 0 Å². The fraction of sp³-hybridized carbons (Fsp3) is 0. The lowest BCUT2D eigenvalue weighted by Gasteiger charge is -2.16. The third-order valence-electron chi connectivity index (χ3n) is 10.9. The molecule has 11 aromatic rings. The minimum Gasteiger partial charge on any atom is -0.455 e. The molecule has 0 spiro atoms. The molecule has 0 radical (unpaired) electrons. The standard InChI is InChI=1S/C50H28N4O/c51-29-31-23-33(25-35(24-31)38-12-2-1-11-32(38)30-52)34-26-36(53-44-17-7-3-13-39(44)40-14-4-8-18-45(40)53)28-37(27-34)54-46-19-9-5-16-43(46)49-47(54)22-21-42-41-15-6-10-20-48(41)55-50(42)49/h1-28H. The Kier molecular flexibility index (Phi) is 6.61. The Hall–Kier alpha value is -7.86. The van der Waals surface area contributed by atoms with Crippen molar-refractivity contribution in [3.63, 3.8) is 0 Å². The van der Waals surface area contributed by atoms with Crippen molar-refractivity contribution in [1.29, 1.82) is 10.5 Å². The number of fused-ring (bicyclic) bond motifs is 10. The number of furan rings is 1. The van der Waals surface area contributed by atoms with Crippen molar-refractivity contribution in [2.24, 2.45) is 0 Å². The molecule has 0 N–H and O–H groups in total. The van der Waals surface area contributed by atoms with Crippen LogP contribution in [-0.4, -0.2) is 9.13 Å². The average molecular weight is 701 g/mol. The number of hydrogen-bond donors (Lipinski definition) is 0. The summed E-state index contributed by atoms with van der Waals surface area (Å²) >= 11 is 0. The Morgan fingerprint density at radius 2 is 0.982 bits per heavy atom. The fourth-order valence-corrected chi connectivity index (χ4v) is 8.58. The highest BCUT2D eigenvalue weighted by Crippen LogP contribution is 2.42.